The summed E-state index contributed by atoms with van der Waals surface area (Å²) in [5, 5.41) is 0. The zero-order chi connectivity index (χ0) is 8.39. The Bertz CT molecular complexity index is 140. The van der Waals surface area contributed by atoms with Gasteiger partial charge in [0, 0.05) is 13.1 Å². The van der Waals surface area contributed by atoms with Crippen molar-refractivity contribution in [3.63, 3.8) is 0 Å². The second-order valence-corrected chi connectivity index (χ2v) is 4.62. The van der Waals surface area contributed by atoms with Gasteiger partial charge in [0.1, 0.15) is 0 Å². The number of hydrogen-bond donors (Lipinski definition) is 0. The third kappa shape index (κ3) is 2.22. The molecule has 1 nitrogen and oxygen atoms in total. The molecule has 2 aliphatic rings. The Labute approximate surface area is 76.1 Å². The summed E-state index contributed by atoms with van der Waals surface area (Å²) in [7, 11) is 0. The lowest BCUT2D eigenvalue weighted by atomic mass is 9.95. The fourth-order valence-electron chi connectivity index (χ4n) is 2.32. The molecule has 0 radical (unpaired) electrons. The van der Waals surface area contributed by atoms with Crippen LogP contribution in [0.25, 0.3) is 0 Å². The maximum atomic E-state index is 2.70. The second kappa shape index (κ2) is 3.78. The Morgan fingerprint density at radius 2 is 2.00 bits per heavy atom. The first-order valence-electron chi connectivity index (χ1n) is 5.61. The summed E-state index contributed by atoms with van der Waals surface area (Å²) in [6.45, 7) is 6.53. The molecule has 2 fully saturated rings. The van der Waals surface area contributed by atoms with Gasteiger partial charge in [-0.1, -0.05) is 13.3 Å². The molecule has 1 heteroatoms. The van der Waals surface area contributed by atoms with Crippen molar-refractivity contribution < 1.29 is 0 Å². The molecule has 1 heterocycles. The molecular formula is C11H21N. The van der Waals surface area contributed by atoms with Gasteiger partial charge in [0.05, 0.1) is 0 Å². The van der Waals surface area contributed by atoms with E-state index in [2.05, 4.69) is 11.8 Å². The lowest BCUT2D eigenvalue weighted by Gasteiger charge is -2.32. The van der Waals surface area contributed by atoms with Gasteiger partial charge in [-0.15, -0.1) is 0 Å². The Morgan fingerprint density at radius 3 is 2.67 bits per heavy atom. The van der Waals surface area contributed by atoms with Gasteiger partial charge in [-0.05, 0) is 44.1 Å². The Kier molecular flexibility index (Phi) is 2.69. The van der Waals surface area contributed by atoms with Gasteiger partial charge in [-0.3, -0.25) is 0 Å². The molecule has 0 bridgehead atoms. The third-order valence-corrected chi connectivity index (χ3v) is 3.39. The fraction of sp³-hybridized carbons (Fsp3) is 1.00. The molecule has 0 spiro atoms. The van der Waals surface area contributed by atoms with Gasteiger partial charge >= 0.3 is 0 Å². The van der Waals surface area contributed by atoms with Crippen molar-refractivity contribution in [2.75, 3.05) is 19.6 Å². The van der Waals surface area contributed by atoms with Crippen LogP contribution >= 0.6 is 0 Å². The smallest absolute Gasteiger partial charge is 0.000978 e. The minimum absolute atomic E-state index is 1.01. The summed E-state index contributed by atoms with van der Waals surface area (Å²) in [5.41, 5.74) is 0. The first kappa shape index (κ1) is 8.55. The van der Waals surface area contributed by atoms with E-state index in [1.54, 1.807) is 0 Å². The lowest BCUT2D eigenvalue weighted by molar-refractivity contribution is 0.166. The summed E-state index contributed by atoms with van der Waals surface area (Å²) >= 11 is 0. The number of piperidine rings is 1. The van der Waals surface area contributed by atoms with E-state index in [4.69, 9.17) is 0 Å². The van der Waals surface area contributed by atoms with E-state index < -0.39 is 0 Å². The van der Waals surface area contributed by atoms with Crippen molar-refractivity contribution >= 4 is 0 Å². The third-order valence-electron chi connectivity index (χ3n) is 3.39. The van der Waals surface area contributed by atoms with Crippen LogP contribution in [0.3, 0.4) is 0 Å². The zero-order valence-corrected chi connectivity index (χ0v) is 8.26. The Hall–Kier alpha value is -0.0400. The normalized spacial score (nSPS) is 32.2. The fourth-order valence-corrected chi connectivity index (χ4v) is 2.32. The standard InChI is InChI=1S/C11H21N/c1-2-10-4-3-7-12(8-10)9-11-5-6-11/h10-11H,2-9H2,1H3. The van der Waals surface area contributed by atoms with E-state index in [1.165, 1.54) is 51.7 Å². The molecular weight excluding hydrogens is 146 g/mol. The highest BCUT2D eigenvalue weighted by Gasteiger charge is 2.26. The predicted octanol–water partition coefficient (Wildman–Crippen LogP) is 2.52. The molecule has 1 atom stereocenters. The summed E-state index contributed by atoms with van der Waals surface area (Å²) in [6.07, 6.45) is 7.34. The molecule has 2 rings (SSSR count). The number of likely N-dealkylation sites (tertiary alicyclic amines) is 1. The van der Waals surface area contributed by atoms with Crippen LogP contribution in [0.5, 0.6) is 0 Å². The highest BCUT2D eigenvalue weighted by molar-refractivity contribution is 4.80. The van der Waals surface area contributed by atoms with Crippen molar-refractivity contribution in [3.8, 4) is 0 Å². The molecule has 0 amide bonds. The van der Waals surface area contributed by atoms with E-state index in [9.17, 15) is 0 Å². The van der Waals surface area contributed by atoms with Crippen LogP contribution in [-0.2, 0) is 0 Å². The largest absolute Gasteiger partial charge is 0.303 e. The van der Waals surface area contributed by atoms with Crippen LogP contribution in [0.2, 0.25) is 0 Å². The van der Waals surface area contributed by atoms with Crippen LogP contribution in [-0.4, -0.2) is 24.5 Å². The van der Waals surface area contributed by atoms with E-state index in [-0.39, 0.29) is 0 Å². The van der Waals surface area contributed by atoms with Gasteiger partial charge < -0.3 is 4.90 Å². The maximum Gasteiger partial charge on any atom is 0.000978 e. The summed E-state index contributed by atoms with van der Waals surface area (Å²) < 4.78 is 0. The van der Waals surface area contributed by atoms with Crippen molar-refractivity contribution in [2.45, 2.75) is 39.0 Å². The maximum absolute atomic E-state index is 2.70. The zero-order valence-electron chi connectivity index (χ0n) is 8.26. The highest BCUT2D eigenvalue weighted by atomic mass is 15.1. The molecule has 1 saturated carbocycles. The molecule has 1 saturated heterocycles. The second-order valence-electron chi connectivity index (χ2n) is 4.62. The monoisotopic (exact) mass is 167 g/mol. The van der Waals surface area contributed by atoms with E-state index in [0.717, 1.165) is 11.8 Å². The summed E-state index contributed by atoms with van der Waals surface area (Å²) in [4.78, 5) is 2.70. The number of rotatable bonds is 3. The molecule has 1 aliphatic carbocycles. The molecule has 70 valence electrons. The predicted molar refractivity (Wildman–Crippen MR) is 52.2 cm³/mol. The molecule has 0 aromatic carbocycles. The highest BCUT2D eigenvalue weighted by Crippen LogP contribution is 2.31. The van der Waals surface area contributed by atoms with Crippen LogP contribution in [0.15, 0.2) is 0 Å². The van der Waals surface area contributed by atoms with Crippen LogP contribution in [0.1, 0.15) is 39.0 Å². The average Bonchev–Trinajstić information content (AvgIpc) is 2.89. The molecule has 0 N–H and O–H groups in total. The summed E-state index contributed by atoms with van der Waals surface area (Å²) in [5.74, 6) is 2.10. The molecule has 12 heavy (non-hydrogen) atoms. The van der Waals surface area contributed by atoms with Gasteiger partial charge in [0.15, 0.2) is 0 Å². The van der Waals surface area contributed by atoms with Crippen molar-refractivity contribution in [2.24, 2.45) is 11.8 Å². The Morgan fingerprint density at radius 1 is 1.17 bits per heavy atom. The van der Waals surface area contributed by atoms with Gasteiger partial charge in [-0.2, -0.15) is 0 Å². The molecule has 0 aromatic rings. The quantitative estimate of drug-likeness (QED) is 0.624. The Balaban J connectivity index is 1.73. The van der Waals surface area contributed by atoms with Gasteiger partial charge in [-0.25, -0.2) is 0 Å². The molecule has 0 aromatic heterocycles. The van der Waals surface area contributed by atoms with Crippen LogP contribution in [0, 0.1) is 11.8 Å². The first-order valence-corrected chi connectivity index (χ1v) is 5.61. The summed E-state index contributed by atoms with van der Waals surface area (Å²) in [6, 6.07) is 0. The van der Waals surface area contributed by atoms with Crippen molar-refractivity contribution in [3.05, 3.63) is 0 Å². The minimum Gasteiger partial charge on any atom is -0.303 e. The van der Waals surface area contributed by atoms with Gasteiger partial charge in [0.25, 0.3) is 0 Å². The SMILES string of the molecule is CCC1CCCN(CC2CC2)C1. The number of nitrogens with zero attached hydrogens (tertiary/aromatic N) is 1. The number of hydrogen-bond acceptors (Lipinski definition) is 1. The van der Waals surface area contributed by atoms with E-state index in [1.807, 2.05) is 0 Å². The van der Waals surface area contributed by atoms with Crippen LogP contribution < -0.4 is 0 Å². The van der Waals surface area contributed by atoms with Crippen molar-refractivity contribution in [1.82, 2.24) is 4.90 Å². The van der Waals surface area contributed by atoms with Crippen LogP contribution in [0.4, 0.5) is 0 Å². The minimum atomic E-state index is 1.01. The van der Waals surface area contributed by atoms with Gasteiger partial charge in [0.2, 0.25) is 0 Å². The lowest BCUT2D eigenvalue weighted by Crippen LogP contribution is -2.36. The first-order chi connectivity index (χ1) is 5.88. The molecule has 1 unspecified atom stereocenters. The average molecular weight is 167 g/mol. The topological polar surface area (TPSA) is 3.24 Å². The van der Waals surface area contributed by atoms with E-state index in [0.29, 0.717) is 0 Å². The van der Waals surface area contributed by atoms with Crippen molar-refractivity contribution in [1.29, 1.82) is 0 Å². The molecule has 1 aliphatic heterocycles. The van der Waals surface area contributed by atoms with E-state index >= 15 is 0 Å².